The summed E-state index contributed by atoms with van der Waals surface area (Å²) in [5.41, 5.74) is -0.324. The summed E-state index contributed by atoms with van der Waals surface area (Å²) in [5.74, 6) is -0.607. The number of carbonyl (C=O) groups is 1. The lowest BCUT2D eigenvalue weighted by Crippen LogP contribution is -2.41. The van der Waals surface area contributed by atoms with E-state index >= 15 is 0 Å². The summed E-state index contributed by atoms with van der Waals surface area (Å²) in [4.78, 5) is 23.7. The highest BCUT2D eigenvalue weighted by Gasteiger charge is 2.29. The van der Waals surface area contributed by atoms with Gasteiger partial charge in [0.25, 0.3) is 5.69 Å². The monoisotopic (exact) mass is 324 g/mol. The molecule has 1 fully saturated rings. The van der Waals surface area contributed by atoms with E-state index < -0.39 is 16.3 Å². The van der Waals surface area contributed by atoms with Crippen molar-refractivity contribution in [1.29, 1.82) is 0 Å². The number of benzene rings is 1. The maximum Gasteiger partial charge on any atom is 0.410 e. The zero-order chi connectivity index (χ0) is 17.2. The lowest BCUT2D eigenvalue weighted by molar-refractivity contribution is -0.385. The van der Waals surface area contributed by atoms with Crippen molar-refractivity contribution in [2.75, 3.05) is 13.1 Å². The number of hydrogen-bond donors (Lipinski definition) is 0. The normalized spacial score (nSPS) is 16.3. The van der Waals surface area contributed by atoms with E-state index in [-0.39, 0.29) is 17.7 Å². The van der Waals surface area contributed by atoms with Crippen LogP contribution in [0.25, 0.3) is 0 Å². The number of halogens is 1. The number of hydrogen-bond acceptors (Lipinski definition) is 4. The number of piperidine rings is 1. The third-order valence-electron chi connectivity index (χ3n) is 3.78. The molecule has 1 heterocycles. The number of carbonyl (C=O) groups excluding carboxylic acids is 1. The summed E-state index contributed by atoms with van der Waals surface area (Å²) in [6.07, 6.45) is 0.849. The van der Waals surface area contributed by atoms with Crippen LogP contribution in [0.2, 0.25) is 0 Å². The van der Waals surface area contributed by atoms with Crippen molar-refractivity contribution in [2.45, 2.75) is 45.1 Å². The first-order chi connectivity index (χ1) is 10.7. The molecule has 6 nitrogen and oxygen atoms in total. The number of rotatable bonds is 2. The van der Waals surface area contributed by atoms with E-state index in [2.05, 4.69) is 0 Å². The maximum absolute atomic E-state index is 14.1. The molecule has 0 radical (unpaired) electrons. The van der Waals surface area contributed by atoms with Gasteiger partial charge in [0.15, 0.2) is 0 Å². The molecular weight excluding hydrogens is 303 g/mol. The van der Waals surface area contributed by atoms with E-state index in [9.17, 15) is 19.3 Å². The van der Waals surface area contributed by atoms with E-state index in [4.69, 9.17) is 4.74 Å². The van der Waals surface area contributed by atoms with Gasteiger partial charge in [-0.05, 0) is 51.2 Å². The maximum atomic E-state index is 14.1. The summed E-state index contributed by atoms with van der Waals surface area (Å²) in [7, 11) is 0. The number of non-ortho nitro benzene ring substituents is 1. The van der Waals surface area contributed by atoms with Gasteiger partial charge >= 0.3 is 6.09 Å². The molecule has 0 aromatic heterocycles. The molecule has 0 unspecified atom stereocenters. The zero-order valence-electron chi connectivity index (χ0n) is 13.5. The van der Waals surface area contributed by atoms with Gasteiger partial charge in [0, 0.05) is 19.2 Å². The van der Waals surface area contributed by atoms with Crippen LogP contribution in [0.3, 0.4) is 0 Å². The highest BCUT2D eigenvalue weighted by Crippen LogP contribution is 2.31. The number of nitrogens with zero attached hydrogens (tertiary/aromatic N) is 2. The van der Waals surface area contributed by atoms with E-state index in [0.29, 0.717) is 31.5 Å². The van der Waals surface area contributed by atoms with Crippen LogP contribution in [0.5, 0.6) is 0 Å². The van der Waals surface area contributed by atoms with E-state index in [1.807, 2.05) is 20.8 Å². The molecule has 1 aliphatic rings. The van der Waals surface area contributed by atoms with Crippen molar-refractivity contribution in [2.24, 2.45) is 0 Å². The summed E-state index contributed by atoms with van der Waals surface area (Å²) in [5, 5.41) is 10.7. The molecule has 1 aromatic carbocycles. The fourth-order valence-electron chi connectivity index (χ4n) is 2.66. The lowest BCUT2D eigenvalue weighted by Gasteiger charge is -2.33. The predicted octanol–water partition coefficient (Wildman–Crippen LogP) is 3.85. The largest absolute Gasteiger partial charge is 0.444 e. The third-order valence-corrected chi connectivity index (χ3v) is 3.78. The molecule has 0 bridgehead atoms. The highest BCUT2D eigenvalue weighted by atomic mass is 19.1. The van der Waals surface area contributed by atoms with Gasteiger partial charge < -0.3 is 9.64 Å². The molecule has 0 spiro atoms. The molecule has 1 amide bonds. The summed E-state index contributed by atoms with van der Waals surface area (Å²) in [6, 6.07) is 3.75. The van der Waals surface area contributed by atoms with Crippen LogP contribution in [0, 0.1) is 15.9 Å². The summed E-state index contributed by atoms with van der Waals surface area (Å²) in [6.45, 7) is 6.39. The van der Waals surface area contributed by atoms with Crippen LogP contribution in [-0.4, -0.2) is 34.6 Å². The molecule has 1 aliphatic heterocycles. The second kappa shape index (κ2) is 6.52. The number of nitro groups is 1. The fraction of sp³-hybridized carbons (Fsp3) is 0.562. The van der Waals surface area contributed by atoms with Gasteiger partial charge in [0.2, 0.25) is 0 Å². The van der Waals surface area contributed by atoms with Gasteiger partial charge in [-0.2, -0.15) is 0 Å². The smallest absolute Gasteiger partial charge is 0.410 e. The molecule has 2 rings (SSSR count). The predicted molar refractivity (Wildman–Crippen MR) is 82.8 cm³/mol. The first-order valence-electron chi connectivity index (χ1n) is 7.59. The second-order valence-corrected chi connectivity index (χ2v) is 6.70. The minimum Gasteiger partial charge on any atom is -0.444 e. The Morgan fingerprint density at radius 2 is 1.96 bits per heavy atom. The topological polar surface area (TPSA) is 72.7 Å². The molecule has 7 heteroatoms. The van der Waals surface area contributed by atoms with Gasteiger partial charge in [-0.15, -0.1) is 0 Å². The van der Waals surface area contributed by atoms with Gasteiger partial charge in [0.05, 0.1) is 11.0 Å². The van der Waals surface area contributed by atoms with Crippen LogP contribution < -0.4 is 0 Å². The number of amides is 1. The Morgan fingerprint density at radius 1 is 1.35 bits per heavy atom. The number of nitro benzene ring substituents is 1. The zero-order valence-corrected chi connectivity index (χ0v) is 13.5. The first kappa shape index (κ1) is 17.2. The Balaban J connectivity index is 1.99. The average molecular weight is 324 g/mol. The minimum absolute atomic E-state index is 0.0468. The Labute approximate surface area is 134 Å². The molecule has 23 heavy (non-hydrogen) atoms. The van der Waals surface area contributed by atoms with Crippen molar-refractivity contribution in [3.8, 4) is 0 Å². The average Bonchev–Trinajstić information content (AvgIpc) is 2.45. The van der Waals surface area contributed by atoms with Gasteiger partial charge in [-0.25, -0.2) is 9.18 Å². The molecule has 0 atom stereocenters. The van der Waals surface area contributed by atoms with Crippen molar-refractivity contribution in [3.63, 3.8) is 0 Å². The van der Waals surface area contributed by atoms with Gasteiger partial charge in [-0.3, -0.25) is 10.1 Å². The fourth-order valence-corrected chi connectivity index (χ4v) is 2.66. The molecular formula is C16H21FN2O4. The summed E-state index contributed by atoms with van der Waals surface area (Å²) < 4.78 is 19.4. The van der Waals surface area contributed by atoms with Crippen molar-refractivity contribution >= 4 is 11.8 Å². The summed E-state index contributed by atoms with van der Waals surface area (Å²) >= 11 is 0. The van der Waals surface area contributed by atoms with Crippen molar-refractivity contribution < 1.29 is 18.8 Å². The van der Waals surface area contributed by atoms with Crippen LogP contribution in [-0.2, 0) is 4.74 Å². The Morgan fingerprint density at radius 3 is 2.43 bits per heavy atom. The quantitative estimate of drug-likeness (QED) is 0.612. The Kier molecular flexibility index (Phi) is 4.87. The second-order valence-electron chi connectivity index (χ2n) is 6.70. The molecule has 0 saturated carbocycles. The van der Waals surface area contributed by atoms with Crippen LogP contribution in [0.1, 0.15) is 45.1 Å². The van der Waals surface area contributed by atoms with Gasteiger partial charge in [0.1, 0.15) is 11.4 Å². The molecule has 0 N–H and O–H groups in total. The van der Waals surface area contributed by atoms with Crippen LogP contribution in [0.4, 0.5) is 14.9 Å². The molecule has 1 saturated heterocycles. The van der Waals surface area contributed by atoms with Gasteiger partial charge in [-0.1, -0.05) is 0 Å². The van der Waals surface area contributed by atoms with Crippen molar-refractivity contribution in [1.82, 2.24) is 4.90 Å². The minimum atomic E-state index is -0.613. The number of likely N-dealkylation sites (tertiary alicyclic amines) is 1. The van der Waals surface area contributed by atoms with E-state index in [0.717, 1.165) is 6.07 Å². The van der Waals surface area contributed by atoms with Crippen LogP contribution >= 0.6 is 0 Å². The SMILES string of the molecule is CC(C)(C)OC(=O)N1CCC(c2ccc([N+](=O)[O-])cc2F)CC1. The van der Waals surface area contributed by atoms with Crippen LogP contribution in [0.15, 0.2) is 18.2 Å². The Hall–Kier alpha value is -2.18. The first-order valence-corrected chi connectivity index (χ1v) is 7.59. The van der Waals surface area contributed by atoms with Crippen molar-refractivity contribution in [3.05, 3.63) is 39.7 Å². The van der Waals surface area contributed by atoms with E-state index in [1.165, 1.54) is 12.1 Å². The standard InChI is InChI=1S/C16H21FN2O4/c1-16(2,3)23-15(20)18-8-6-11(7-9-18)13-5-4-12(19(21)22)10-14(13)17/h4-5,10-11H,6-9H2,1-3H3. The molecule has 1 aromatic rings. The highest BCUT2D eigenvalue weighted by molar-refractivity contribution is 5.68. The van der Waals surface area contributed by atoms with E-state index in [1.54, 1.807) is 4.90 Å². The Bertz CT molecular complexity index is 605. The molecule has 126 valence electrons. The third kappa shape index (κ3) is 4.40. The lowest BCUT2D eigenvalue weighted by atomic mass is 9.89. The number of ether oxygens (including phenoxy) is 1. The molecule has 0 aliphatic carbocycles.